The minimum Gasteiger partial charge on any atom is -0.295 e. The van der Waals surface area contributed by atoms with Gasteiger partial charge in [0.2, 0.25) is 0 Å². The first kappa shape index (κ1) is 10.3. The first-order valence-corrected chi connectivity index (χ1v) is 6.03. The molecule has 1 heterocycles. The van der Waals surface area contributed by atoms with Crippen LogP contribution in [0.25, 0.3) is 5.69 Å². The Hall–Kier alpha value is -1.22. The van der Waals surface area contributed by atoms with Crippen molar-refractivity contribution in [1.29, 1.82) is 0 Å². The second-order valence-electron chi connectivity index (χ2n) is 3.35. The summed E-state index contributed by atoms with van der Waals surface area (Å²) in [6, 6.07) is 8.49. The van der Waals surface area contributed by atoms with Crippen molar-refractivity contribution in [2.45, 2.75) is 19.0 Å². The topological polar surface area (TPSA) is 17.8 Å². The smallest absolute Gasteiger partial charge is 0.172 e. The summed E-state index contributed by atoms with van der Waals surface area (Å²) in [6.45, 7) is 4.23. The third kappa shape index (κ3) is 2.23. The minimum atomic E-state index is 1.04. The second kappa shape index (κ2) is 4.53. The van der Waals surface area contributed by atoms with Crippen LogP contribution in [0.2, 0.25) is 0 Å². The summed E-state index contributed by atoms with van der Waals surface area (Å²) in [4.78, 5) is 4.33. The third-order valence-corrected chi connectivity index (χ3v) is 3.04. The van der Waals surface area contributed by atoms with Gasteiger partial charge in [0.25, 0.3) is 0 Å². The van der Waals surface area contributed by atoms with Crippen molar-refractivity contribution in [3.05, 3.63) is 42.2 Å². The van der Waals surface area contributed by atoms with Crippen LogP contribution in [0.5, 0.6) is 0 Å². The predicted molar refractivity (Wildman–Crippen MR) is 64.7 cm³/mol. The molecule has 0 N–H and O–H groups in total. The standard InChI is InChI=1S/C12H14N2S/c1-3-15-12-13-8-9-14(12)11-6-4-10(2)5-7-11/h4-9H,3H2,1-2H3. The molecule has 3 heteroatoms. The van der Waals surface area contributed by atoms with E-state index in [0.717, 1.165) is 10.9 Å². The average molecular weight is 218 g/mol. The molecular formula is C12H14N2S. The van der Waals surface area contributed by atoms with Gasteiger partial charge in [-0.1, -0.05) is 36.4 Å². The molecule has 0 spiro atoms. The number of hydrogen-bond donors (Lipinski definition) is 0. The average Bonchev–Trinajstić information content (AvgIpc) is 2.68. The molecule has 0 fully saturated rings. The molecule has 0 bridgehead atoms. The normalized spacial score (nSPS) is 10.5. The first-order valence-electron chi connectivity index (χ1n) is 5.04. The van der Waals surface area contributed by atoms with E-state index in [1.54, 1.807) is 11.8 Å². The second-order valence-corrected chi connectivity index (χ2v) is 4.58. The Kier molecular flexibility index (Phi) is 3.11. The van der Waals surface area contributed by atoms with E-state index >= 15 is 0 Å². The SMILES string of the molecule is CCSc1nccn1-c1ccc(C)cc1. The van der Waals surface area contributed by atoms with Crippen LogP contribution < -0.4 is 0 Å². The van der Waals surface area contributed by atoms with Crippen LogP contribution in [0.3, 0.4) is 0 Å². The van der Waals surface area contributed by atoms with Crippen molar-refractivity contribution in [1.82, 2.24) is 9.55 Å². The van der Waals surface area contributed by atoms with E-state index in [9.17, 15) is 0 Å². The number of imidazole rings is 1. The summed E-state index contributed by atoms with van der Waals surface area (Å²) in [5, 5.41) is 1.06. The quantitative estimate of drug-likeness (QED) is 0.736. The Morgan fingerprint density at radius 3 is 2.67 bits per heavy atom. The molecule has 0 amide bonds. The van der Waals surface area contributed by atoms with Gasteiger partial charge < -0.3 is 0 Å². The van der Waals surface area contributed by atoms with Gasteiger partial charge in [-0.3, -0.25) is 4.57 Å². The lowest BCUT2D eigenvalue weighted by atomic mass is 10.2. The zero-order chi connectivity index (χ0) is 10.7. The molecule has 2 rings (SSSR count). The van der Waals surface area contributed by atoms with Crippen LogP contribution >= 0.6 is 11.8 Å². The summed E-state index contributed by atoms with van der Waals surface area (Å²) >= 11 is 1.76. The van der Waals surface area contributed by atoms with Gasteiger partial charge in [0.15, 0.2) is 5.16 Å². The molecule has 0 radical (unpaired) electrons. The van der Waals surface area contributed by atoms with Crippen LogP contribution in [0.1, 0.15) is 12.5 Å². The number of thioether (sulfide) groups is 1. The van der Waals surface area contributed by atoms with E-state index < -0.39 is 0 Å². The fraction of sp³-hybridized carbons (Fsp3) is 0.250. The monoisotopic (exact) mass is 218 g/mol. The highest BCUT2D eigenvalue weighted by Gasteiger charge is 2.03. The van der Waals surface area contributed by atoms with Crippen molar-refractivity contribution in [3.8, 4) is 5.69 Å². The maximum Gasteiger partial charge on any atom is 0.172 e. The Morgan fingerprint density at radius 2 is 2.00 bits per heavy atom. The van der Waals surface area contributed by atoms with Gasteiger partial charge in [0, 0.05) is 18.1 Å². The highest BCUT2D eigenvalue weighted by molar-refractivity contribution is 7.99. The zero-order valence-corrected chi connectivity index (χ0v) is 9.79. The molecule has 0 aliphatic heterocycles. The molecule has 0 atom stereocenters. The molecule has 0 saturated heterocycles. The van der Waals surface area contributed by atoms with Crippen LogP contribution in [0.15, 0.2) is 41.8 Å². The number of aryl methyl sites for hydroxylation is 1. The Morgan fingerprint density at radius 1 is 1.27 bits per heavy atom. The summed E-state index contributed by atoms with van der Waals surface area (Å²) < 4.78 is 2.12. The van der Waals surface area contributed by atoms with Gasteiger partial charge in [-0.2, -0.15) is 0 Å². The fourth-order valence-electron chi connectivity index (χ4n) is 1.43. The molecular weight excluding hydrogens is 204 g/mol. The molecule has 0 unspecified atom stereocenters. The highest BCUT2D eigenvalue weighted by atomic mass is 32.2. The van der Waals surface area contributed by atoms with Gasteiger partial charge in [0.1, 0.15) is 0 Å². The minimum absolute atomic E-state index is 1.04. The van der Waals surface area contributed by atoms with Gasteiger partial charge in [-0.05, 0) is 24.8 Å². The predicted octanol–water partition coefficient (Wildman–Crippen LogP) is 3.29. The van der Waals surface area contributed by atoms with Crippen molar-refractivity contribution in [3.63, 3.8) is 0 Å². The Bertz CT molecular complexity index is 431. The maximum absolute atomic E-state index is 4.33. The molecule has 15 heavy (non-hydrogen) atoms. The van der Waals surface area contributed by atoms with Gasteiger partial charge in [-0.15, -0.1) is 0 Å². The van der Waals surface area contributed by atoms with E-state index in [4.69, 9.17) is 0 Å². The Balaban J connectivity index is 2.36. The van der Waals surface area contributed by atoms with Crippen LogP contribution in [-0.4, -0.2) is 15.3 Å². The molecule has 1 aromatic heterocycles. The number of hydrogen-bond acceptors (Lipinski definition) is 2. The summed E-state index contributed by atoms with van der Waals surface area (Å²) in [5.74, 6) is 1.04. The van der Waals surface area contributed by atoms with Crippen LogP contribution in [0, 0.1) is 6.92 Å². The van der Waals surface area contributed by atoms with Crippen LogP contribution in [0.4, 0.5) is 0 Å². The molecule has 2 aromatic rings. The maximum atomic E-state index is 4.33. The lowest BCUT2D eigenvalue weighted by Gasteiger charge is -2.06. The summed E-state index contributed by atoms with van der Waals surface area (Å²) in [6.07, 6.45) is 3.85. The number of benzene rings is 1. The van der Waals surface area contributed by atoms with E-state index in [0.29, 0.717) is 0 Å². The van der Waals surface area contributed by atoms with Crippen molar-refractivity contribution in [2.24, 2.45) is 0 Å². The molecule has 78 valence electrons. The van der Waals surface area contributed by atoms with Crippen LogP contribution in [-0.2, 0) is 0 Å². The van der Waals surface area contributed by atoms with E-state index in [1.807, 2.05) is 12.4 Å². The lowest BCUT2D eigenvalue weighted by molar-refractivity contribution is 0.895. The van der Waals surface area contributed by atoms with Crippen molar-refractivity contribution < 1.29 is 0 Å². The van der Waals surface area contributed by atoms with Crippen molar-refractivity contribution in [2.75, 3.05) is 5.75 Å². The zero-order valence-electron chi connectivity index (χ0n) is 8.97. The molecule has 0 aliphatic carbocycles. The molecule has 1 aromatic carbocycles. The largest absolute Gasteiger partial charge is 0.295 e. The third-order valence-electron chi connectivity index (χ3n) is 2.19. The first-order chi connectivity index (χ1) is 7.31. The molecule has 0 aliphatic rings. The van der Waals surface area contributed by atoms with Gasteiger partial charge in [0.05, 0.1) is 0 Å². The van der Waals surface area contributed by atoms with E-state index in [2.05, 4.69) is 47.7 Å². The Labute approximate surface area is 94.3 Å². The summed E-state index contributed by atoms with van der Waals surface area (Å²) in [5.41, 5.74) is 2.46. The van der Waals surface area contributed by atoms with Gasteiger partial charge in [-0.25, -0.2) is 4.98 Å². The van der Waals surface area contributed by atoms with Gasteiger partial charge >= 0.3 is 0 Å². The van der Waals surface area contributed by atoms with E-state index in [1.165, 1.54) is 11.3 Å². The molecule has 2 nitrogen and oxygen atoms in total. The highest BCUT2D eigenvalue weighted by Crippen LogP contribution is 2.19. The molecule has 0 saturated carbocycles. The van der Waals surface area contributed by atoms with E-state index in [-0.39, 0.29) is 0 Å². The lowest BCUT2D eigenvalue weighted by Crippen LogP contribution is -1.94. The summed E-state index contributed by atoms with van der Waals surface area (Å²) in [7, 11) is 0. The number of rotatable bonds is 3. The number of aromatic nitrogens is 2. The van der Waals surface area contributed by atoms with Crippen molar-refractivity contribution >= 4 is 11.8 Å². The number of nitrogens with zero attached hydrogens (tertiary/aromatic N) is 2. The fourth-order valence-corrected chi connectivity index (χ4v) is 2.13.